The zero-order valence-electron chi connectivity index (χ0n) is 34.9. The Kier molecular flexibility index (Phi) is 12.1. The van der Waals surface area contributed by atoms with Crippen LogP contribution in [0.25, 0.3) is 0 Å². The summed E-state index contributed by atoms with van der Waals surface area (Å²) in [5.74, 6) is -6.78. The quantitative estimate of drug-likeness (QED) is 0.117. The first-order valence-electron chi connectivity index (χ1n) is 19.9. The molecule has 1 amide bonds. The topological polar surface area (TPSA) is 221 Å². The molecule has 2 bridgehead atoms. The molecule has 1 aliphatic heterocycles. The van der Waals surface area contributed by atoms with Gasteiger partial charge in [0.25, 0.3) is 0 Å². The number of hydrogen-bond donors (Lipinski definition) is 4. The van der Waals surface area contributed by atoms with Crippen molar-refractivity contribution in [1.29, 1.82) is 0 Å². The molecular formula is C45H53NO14. The van der Waals surface area contributed by atoms with Crippen molar-refractivity contribution >= 4 is 35.6 Å². The molecule has 2 saturated carbocycles. The van der Waals surface area contributed by atoms with Crippen LogP contribution in [0.3, 0.4) is 0 Å². The Morgan fingerprint density at radius 3 is 2.08 bits per heavy atom. The van der Waals surface area contributed by atoms with E-state index >= 15 is 4.79 Å². The molecule has 60 heavy (non-hydrogen) atoms. The number of rotatable bonds is 10. The van der Waals surface area contributed by atoms with Crippen LogP contribution in [0.15, 0.2) is 83.5 Å². The van der Waals surface area contributed by atoms with Crippen LogP contribution < -0.4 is 5.32 Å². The summed E-state index contributed by atoms with van der Waals surface area (Å²) < 4.78 is 30.2. The second kappa shape index (κ2) is 16.3. The van der Waals surface area contributed by atoms with Gasteiger partial charge in [-0.25, -0.2) is 9.59 Å². The number of allylic oxidation sites excluding steroid dienone is 1. The molecule has 322 valence electrons. The molecule has 0 radical (unpaired) electrons. The highest BCUT2D eigenvalue weighted by Crippen LogP contribution is 2.64. The number of esters is 4. The van der Waals surface area contributed by atoms with Crippen LogP contribution in [-0.2, 0) is 47.7 Å². The molecule has 3 fully saturated rings. The minimum Gasteiger partial charge on any atom is -0.456 e. The number of nitrogens with one attached hydrogen (secondary N) is 1. The number of carbonyl (C=O) groups is 6. The summed E-state index contributed by atoms with van der Waals surface area (Å²) in [6.45, 7) is 11.2. The first-order chi connectivity index (χ1) is 28.1. The number of hydrogen-bond acceptors (Lipinski definition) is 14. The van der Waals surface area contributed by atoms with E-state index in [2.05, 4.69) is 5.32 Å². The van der Waals surface area contributed by atoms with E-state index in [1.807, 2.05) is 0 Å². The maximum Gasteiger partial charge on any atom is 0.338 e. The average molecular weight is 832 g/mol. The largest absolute Gasteiger partial charge is 0.456 e. The van der Waals surface area contributed by atoms with E-state index in [9.17, 15) is 39.3 Å². The van der Waals surface area contributed by atoms with Crippen LogP contribution in [0.2, 0.25) is 0 Å². The smallest absolute Gasteiger partial charge is 0.338 e. The molecule has 1 saturated heterocycles. The van der Waals surface area contributed by atoms with E-state index in [1.54, 1.807) is 82.3 Å². The zero-order chi connectivity index (χ0) is 44.1. The van der Waals surface area contributed by atoms with Gasteiger partial charge in [0.05, 0.1) is 35.6 Å². The molecule has 15 nitrogen and oxygen atoms in total. The fourth-order valence-corrected chi connectivity index (χ4v) is 9.75. The minimum absolute atomic E-state index is 0.00140. The molecule has 15 heteroatoms. The number of Topliss-reactive ketones (excluding diaryl/α,β-unsaturated/α-hetero) is 1. The summed E-state index contributed by atoms with van der Waals surface area (Å²) in [6, 6.07) is 14.8. The van der Waals surface area contributed by atoms with Crippen LogP contribution in [-0.4, -0.2) is 105 Å². The van der Waals surface area contributed by atoms with Gasteiger partial charge in [-0.3, -0.25) is 19.2 Å². The highest BCUT2D eigenvalue weighted by Gasteiger charge is 2.78. The Morgan fingerprint density at radius 1 is 0.917 bits per heavy atom. The van der Waals surface area contributed by atoms with Gasteiger partial charge in [0.2, 0.25) is 5.91 Å². The fraction of sp³-hybridized carbons (Fsp3) is 0.511. The molecule has 3 aliphatic carbocycles. The Bertz CT molecular complexity index is 2110. The highest BCUT2D eigenvalue weighted by molar-refractivity contribution is 5.96. The van der Waals surface area contributed by atoms with Gasteiger partial charge in [0.1, 0.15) is 23.9 Å². The molecule has 1 heterocycles. The van der Waals surface area contributed by atoms with Crippen molar-refractivity contribution in [3.8, 4) is 0 Å². The Labute approximate surface area is 348 Å². The van der Waals surface area contributed by atoms with Crippen molar-refractivity contribution in [2.45, 2.75) is 122 Å². The summed E-state index contributed by atoms with van der Waals surface area (Å²) in [6.07, 6.45) is -8.88. The van der Waals surface area contributed by atoms with Gasteiger partial charge in [-0.1, -0.05) is 68.5 Å². The maximum absolute atomic E-state index is 15.4. The highest BCUT2D eigenvalue weighted by atomic mass is 16.6. The number of amides is 1. The lowest BCUT2D eigenvalue weighted by molar-refractivity contribution is -0.346. The second-order valence-electron chi connectivity index (χ2n) is 17.0. The van der Waals surface area contributed by atoms with E-state index in [4.69, 9.17) is 23.7 Å². The third-order valence-electron chi connectivity index (χ3n) is 13.2. The van der Waals surface area contributed by atoms with Gasteiger partial charge in [-0.15, -0.1) is 0 Å². The maximum atomic E-state index is 15.4. The zero-order valence-corrected chi connectivity index (χ0v) is 34.9. The summed E-state index contributed by atoms with van der Waals surface area (Å²) >= 11 is 0. The molecule has 4 N–H and O–H groups in total. The predicted molar refractivity (Wildman–Crippen MR) is 211 cm³/mol. The number of aliphatic hydroxyl groups excluding tert-OH is 2. The molecule has 2 aromatic rings. The number of benzene rings is 2. The molecule has 0 unspecified atom stereocenters. The SMILES string of the molecule is C/C=C(\C)C(=O)N[C@@H](c1ccccc1)[C@@H](O)C(=O)O[C@H]1C[C@]2(O)[C@@H](OC(=O)c3ccccc3)[C@@H]3[C@]4(OC(C)=O)CO[C@@H]4C[C@H](O)[C@@]3(C)C(=O)[C@H](OC(C)=O)C(=C1C)C2(C)C. The lowest BCUT2D eigenvalue weighted by atomic mass is 9.44. The van der Waals surface area contributed by atoms with Crippen LogP contribution in [0.5, 0.6) is 0 Å². The molecule has 11 atom stereocenters. The Hall–Kier alpha value is -5.22. The molecule has 0 aromatic heterocycles. The number of aliphatic hydroxyl groups is 3. The number of fused-ring (bicyclic) bond motifs is 5. The molecule has 4 aliphatic rings. The van der Waals surface area contributed by atoms with Gasteiger partial charge < -0.3 is 44.3 Å². The van der Waals surface area contributed by atoms with Gasteiger partial charge in [-0.05, 0) is 56.5 Å². The average Bonchev–Trinajstić information content (AvgIpc) is 3.20. The van der Waals surface area contributed by atoms with Crippen LogP contribution in [0.4, 0.5) is 0 Å². The predicted octanol–water partition coefficient (Wildman–Crippen LogP) is 3.39. The van der Waals surface area contributed by atoms with E-state index in [1.165, 1.54) is 26.0 Å². The second-order valence-corrected chi connectivity index (χ2v) is 17.0. The van der Waals surface area contributed by atoms with E-state index in [0.717, 1.165) is 13.8 Å². The molecule has 0 spiro atoms. The van der Waals surface area contributed by atoms with E-state index < -0.39 is 113 Å². The summed E-state index contributed by atoms with van der Waals surface area (Å²) in [4.78, 5) is 82.9. The normalized spacial score (nSPS) is 32.9. The Morgan fingerprint density at radius 2 is 1.53 bits per heavy atom. The Balaban J connectivity index is 1.56. The first kappa shape index (κ1) is 44.3. The number of carbonyl (C=O) groups excluding carboxylic acids is 6. The minimum atomic E-state index is -2.38. The number of ketones is 1. The van der Waals surface area contributed by atoms with Crippen LogP contribution >= 0.6 is 0 Å². The molecule has 2 aromatic carbocycles. The van der Waals surface area contributed by atoms with Gasteiger partial charge in [0, 0.05) is 37.7 Å². The van der Waals surface area contributed by atoms with Crippen LogP contribution in [0, 0.1) is 16.7 Å². The van der Waals surface area contributed by atoms with E-state index in [0.29, 0.717) is 11.1 Å². The standard InChI is InChI=1S/C45H53NO14/c1-9-23(2)39(52)46-33(27-16-12-10-13-17-27)34(50)41(54)58-29-21-45(55)38(59-40(53)28-18-14-11-15-19-28)36-43(8,30(49)20-31-44(36,22-56-31)60-26(5)48)37(51)35(57-25(4)47)32(24(29)3)42(45,6)7/h9-19,29-31,33-36,38,49-50,55H,20-22H2,1-8H3,(H,46,52)/b23-9+/t29-,30-,31+,33-,34+,35+,36-,38-,43+,44-,45-/m0/s1. The monoisotopic (exact) mass is 831 g/mol. The van der Waals surface area contributed by atoms with Crippen molar-refractivity contribution < 1.29 is 67.8 Å². The van der Waals surface area contributed by atoms with Gasteiger partial charge in [-0.2, -0.15) is 0 Å². The van der Waals surface area contributed by atoms with Crippen molar-refractivity contribution in [2.75, 3.05) is 6.61 Å². The van der Waals surface area contributed by atoms with Gasteiger partial charge >= 0.3 is 23.9 Å². The molecular weight excluding hydrogens is 778 g/mol. The van der Waals surface area contributed by atoms with Crippen molar-refractivity contribution in [1.82, 2.24) is 5.32 Å². The first-order valence-corrected chi connectivity index (χ1v) is 19.9. The number of ether oxygens (including phenoxy) is 5. The van der Waals surface area contributed by atoms with Crippen molar-refractivity contribution in [3.05, 3.63) is 94.6 Å². The fourth-order valence-electron chi connectivity index (χ4n) is 9.75. The summed E-state index contributed by atoms with van der Waals surface area (Å²) in [5, 5.41) is 40.0. The third kappa shape index (κ3) is 7.24. The lowest BCUT2D eigenvalue weighted by Gasteiger charge is -2.67. The lowest BCUT2D eigenvalue weighted by Crippen LogP contribution is -2.82. The van der Waals surface area contributed by atoms with Gasteiger partial charge in [0.15, 0.2) is 23.6 Å². The van der Waals surface area contributed by atoms with Crippen molar-refractivity contribution in [3.63, 3.8) is 0 Å². The van der Waals surface area contributed by atoms with Crippen molar-refractivity contribution in [2.24, 2.45) is 16.7 Å². The summed E-state index contributed by atoms with van der Waals surface area (Å²) in [5.41, 5.74) is -6.91. The summed E-state index contributed by atoms with van der Waals surface area (Å²) in [7, 11) is 0. The van der Waals surface area contributed by atoms with E-state index in [-0.39, 0.29) is 29.7 Å². The third-order valence-corrected chi connectivity index (χ3v) is 13.2. The van der Waals surface area contributed by atoms with Crippen LogP contribution in [0.1, 0.15) is 90.2 Å². The molecule has 6 rings (SSSR count).